The molecule has 0 bridgehead atoms. The summed E-state index contributed by atoms with van der Waals surface area (Å²) in [6.07, 6.45) is 1.94. The molecular formula is C20H17N5O4S. The third-order valence-electron chi connectivity index (χ3n) is 4.98. The molecule has 5 rings (SSSR count). The van der Waals surface area contributed by atoms with Crippen LogP contribution in [0.2, 0.25) is 0 Å². The number of ether oxygens (including phenoxy) is 1. The monoisotopic (exact) mass is 423 g/mol. The fraction of sp³-hybridized carbons (Fsp3) is 0.200. The van der Waals surface area contributed by atoms with E-state index in [4.69, 9.17) is 4.74 Å². The van der Waals surface area contributed by atoms with Gasteiger partial charge in [-0.3, -0.25) is 5.43 Å². The number of carbonyl (C=O) groups is 2. The highest BCUT2D eigenvalue weighted by Crippen LogP contribution is 2.38. The molecule has 1 aromatic heterocycles. The van der Waals surface area contributed by atoms with Crippen LogP contribution in [-0.4, -0.2) is 48.4 Å². The number of morpholine rings is 1. The van der Waals surface area contributed by atoms with Crippen molar-refractivity contribution in [2.45, 2.75) is 0 Å². The molecule has 1 saturated heterocycles. The van der Waals surface area contributed by atoms with E-state index in [1.807, 2.05) is 29.3 Å². The molecule has 152 valence electrons. The smallest absolute Gasteiger partial charge is 0.345 e. The summed E-state index contributed by atoms with van der Waals surface area (Å²) in [5, 5.41) is 24.2. The molecule has 0 saturated carbocycles. The minimum absolute atomic E-state index is 0.249. The van der Waals surface area contributed by atoms with Gasteiger partial charge in [0.1, 0.15) is 16.3 Å². The molecule has 3 aliphatic rings. The minimum atomic E-state index is -0.965. The highest BCUT2D eigenvalue weighted by molar-refractivity contribution is 7.15. The van der Waals surface area contributed by atoms with Crippen LogP contribution in [0.15, 0.2) is 46.1 Å². The second-order valence-corrected chi connectivity index (χ2v) is 7.94. The molecule has 0 radical (unpaired) electrons. The number of nitrogens with zero attached hydrogens (tertiary/aromatic N) is 3. The van der Waals surface area contributed by atoms with Crippen molar-refractivity contribution in [2.24, 2.45) is 10.2 Å². The lowest BCUT2D eigenvalue weighted by atomic mass is 10.1. The minimum Gasteiger partial charge on any atom is -0.477 e. The van der Waals surface area contributed by atoms with Crippen molar-refractivity contribution in [3.63, 3.8) is 0 Å². The van der Waals surface area contributed by atoms with E-state index in [9.17, 15) is 14.7 Å². The number of amides is 2. The maximum Gasteiger partial charge on any atom is 0.345 e. The van der Waals surface area contributed by atoms with Crippen LogP contribution in [0.3, 0.4) is 0 Å². The van der Waals surface area contributed by atoms with Crippen LogP contribution in [0.4, 0.5) is 10.5 Å². The molecule has 2 amide bonds. The Hall–Kier alpha value is -3.34. The number of thiophene rings is 1. The lowest BCUT2D eigenvalue weighted by molar-refractivity contribution is 0.0207. The van der Waals surface area contributed by atoms with E-state index in [1.165, 1.54) is 0 Å². The van der Waals surface area contributed by atoms with Gasteiger partial charge in [0.05, 0.1) is 23.8 Å². The van der Waals surface area contributed by atoms with Gasteiger partial charge in [0.2, 0.25) is 0 Å². The van der Waals surface area contributed by atoms with E-state index in [0.29, 0.717) is 37.7 Å². The van der Waals surface area contributed by atoms with E-state index in [0.717, 1.165) is 37.9 Å². The number of carbonyl (C=O) groups excluding carboxylic acids is 1. The third-order valence-corrected chi connectivity index (χ3v) is 6.06. The van der Waals surface area contributed by atoms with Crippen LogP contribution in [0.1, 0.15) is 14.5 Å². The summed E-state index contributed by atoms with van der Waals surface area (Å²) in [5.74, 6) is -0.965. The molecule has 10 heteroatoms. The predicted octanol–water partition coefficient (Wildman–Crippen LogP) is 1.59. The van der Waals surface area contributed by atoms with Crippen molar-refractivity contribution in [1.82, 2.24) is 10.4 Å². The SMILES string of the molecule is O=C(Nc1cccc2c1=CC1=C(c3ccc(C(=O)O)s3)N=NC=21)NN1CCOCC1. The Bertz CT molecular complexity index is 1240. The van der Waals surface area contributed by atoms with E-state index >= 15 is 0 Å². The summed E-state index contributed by atoms with van der Waals surface area (Å²) < 4.78 is 5.29. The Morgan fingerprint density at radius 1 is 1.10 bits per heavy atom. The van der Waals surface area contributed by atoms with Crippen LogP contribution >= 0.6 is 11.3 Å². The number of nitrogens with one attached hydrogen (secondary N) is 2. The van der Waals surface area contributed by atoms with Crippen molar-refractivity contribution >= 4 is 46.5 Å². The zero-order valence-corrected chi connectivity index (χ0v) is 16.5. The lowest BCUT2D eigenvalue weighted by Gasteiger charge is -2.26. The maximum atomic E-state index is 12.4. The number of benzene rings is 1. The van der Waals surface area contributed by atoms with E-state index in [2.05, 4.69) is 21.0 Å². The van der Waals surface area contributed by atoms with E-state index < -0.39 is 5.97 Å². The third kappa shape index (κ3) is 3.30. The number of carboxylic acid groups (broad SMARTS) is 1. The fourth-order valence-electron chi connectivity index (χ4n) is 3.57. The number of rotatable bonds is 4. The van der Waals surface area contributed by atoms with Crippen molar-refractivity contribution in [3.05, 3.63) is 56.1 Å². The number of hydrogen-bond donors (Lipinski definition) is 3. The number of azo groups is 1. The first kappa shape index (κ1) is 18.7. The Morgan fingerprint density at radius 2 is 1.90 bits per heavy atom. The molecular weight excluding hydrogens is 406 g/mol. The van der Waals surface area contributed by atoms with Crippen LogP contribution in [0.25, 0.3) is 17.5 Å². The Balaban J connectivity index is 1.46. The molecule has 3 heterocycles. The van der Waals surface area contributed by atoms with Gasteiger partial charge in [-0.1, -0.05) is 12.1 Å². The summed E-state index contributed by atoms with van der Waals surface area (Å²) in [7, 11) is 0. The van der Waals surface area contributed by atoms with Gasteiger partial charge in [0, 0.05) is 29.1 Å². The molecule has 1 aromatic carbocycles. The molecule has 2 aromatic rings. The summed E-state index contributed by atoms with van der Waals surface area (Å²) in [4.78, 5) is 24.6. The number of fused-ring (bicyclic) bond motifs is 2. The van der Waals surface area contributed by atoms with Crippen molar-refractivity contribution in [1.29, 1.82) is 0 Å². The lowest BCUT2D eigenvalue weighted by Crippen LogP contribution is -2.50. The van der Waals surface area contributed by atoms with Crippen LogP contribution in [0, 0.1) is 0 Å². The second kappa shape index (κ2) is 7.48. The van der Waals surface area contributed by atoms with Crippen LogP contribution in [-0.2, 0) is 4.74 Å². The van der Waals surface area contributed by atoms with Crippen molar-refractivity contribution < 1.29 is 19.4 Å². The number of urea groups is 1. The molecule has 2 aliphatic heterocycles. The number of anilines is 1. The fourth-order valence-corrected chi connectivity index (χ4v) is 4.41. The quantitative estimate of drug-likeness (QED) is 0.691. The van der Waals surface area contributed by atoms with E-state index in [-0.39, 0.29) is 10.9 Å². The first-order chi connectivity index (χ1) is 14.6. The summed E-state index contributed by atoms with van der Waals surface area (Å²) in [6.45, 7) is 2.45. The summed E-state index contributed by atoms with van der Waals surface area (Å²) >= 11 is 1.16. The Kier molecular flexibility index (Phi) is 4.66. The second-order valence-electron chi connectivity index (χ2n) is 6.86. The zero-order valence-electron chi connectivity index (χ0n) is 15.7. The summed E-state index contributed by atoms with van der Waals surface area (Å²) in [5.41, 5.74) is 5.69. The van der Waals surface area contributed by atoms with Crippen molar-refractivity contribution in [2.75, 3.05) is 31.6 Å². The average molecular weight is 423 g/mol. The Morgan fingerprint density at radius 3 is 2.67 bits per heavy atom. The standard InChI is InChI=1S/C20H17N5O4S/c26-19(27)16-5-4-15(30-16)18-13-10-12-11(17(13)22-23-18)2-1-3-14(12)21-20(28)24-25-6-8-29-9-7-25/h1-5,10H,6-9H2,(H,26,27)(H2,21,24,28). The van der Waals surface area contributed by atoms with Gasteiger partial charge in [-0.25, -0.2) is 14.6 Å². The van der Waals surface area contributed by atoms with Crippen molar-refractivity contribution in [3.8, 4) is 0 Å². The first-order valence-electron chi connectivity index (χ1n) is 9.35. The topological polar surface area (TPSA) is 116 Å². The van der Waals surface area contributed by atoms with Crippen LogP contribution in [0.5, 0.6) is 0 Å². The molecule has 0 unspecified atom stereocenters. The molecule has 0 spiro atoms. The molecule has 1 fully saturated rings. The van der Waals surface area contributed by atoms with Gasteiger partial charge in [-0.05, 0) is 24.3 Å². The number of hydrazine groups is 1. The van der Waals surface area contributed by atoms with Gasteiger partial charge in [-0.15, -0.1) is 21.6 Å². The van der Waals surface area contributed by atoms with Gasteiger partial charge in [0.15, 0.2) is 0 Å². The number of carboxylic acids is 1. The van der Waals surface area contributed by atoms with Gasteiger partial charge < -0.3 is 15.2 Å². The highest BCUT2D eigenvalue weighted by Gasteiger charge is 2.25. The zero-order chi connectivity index (χ0) is 20.7. The average Bonchev–Trinajstić information content (AvgIpc) is 3.44. The highest BCUT2D eigenvalue weighted by atomic mass is 32.1. The Labute approximate surface area is 174 Å². The largest absolute Gasteiger partial charge is 0.477 e. The maximum absolute atomic E-state index is 12.4. The number of hydrogen-bond acceptors (Lipinski definition) is 7. The molecule has 3 N–H and O–H groups in total. The first-order valence-corrected chi connectivity index (χ1v) is 10.2. The van der Waals surface area contributed by atoms with Gasteiger partial charge in [0.25, 0.3) is 0 Å². The molecule has 30 heavy (non-hydrogen) atoms. The van der Waals surface area contributed by atoms with Crippen LogP contribution < -0.4 is 21.2 Å². The summed E-state index contributed by atoms with van der Waals surface area (Å²) in [6, 6.07) is 8.60. The predicted molar refractivity (Wildman–Crippen MR) is 111 cm³/mol. The van der Waals surface area contributed by atoms with Gasteiger partial charge >= 0.3 is 12.0 Å². The molecule has 1 aliphatic carbocycles. The number of aromatic carboxylic acids is 1. The normalized spacial score (nSPS) is 17.5. The molecule has 0 atom stereocenters. The van der Waals surface area contributed by atoms with E-state index in [1.54, 1.807) is 12.1 Å². The molecule has 9 nitrogen and oxygen atoms in total. The van der Waals surface area contributed by atoms with Gasteiger partial charge in [-0.2, -0.15) is 0 Å².